The van der Waals surface area contributed by atoms with E-state index in [0.29, 0.717) is 10.9 Å². The fourth-order valence-electron chi connectivity index (χ4n) is 1.41. The molecule has 0 radical (unpaired) electrons. The third-order valence-electron chi connectivity index (χ3n) is 2.11. The fourth-order valence-corrected chi connectivity index (χ4v) is 1.64. The van der Waals surface area contributed by atoms with Gasteiger partial charge in [-0.1, -0.05) is 12.1 Å². The lowest BCUT2D eigenvalue weighted by Crippen LogP contribution is -2.25. The largest absolute Gasteiger partial charge is 0.480 e. The van der Waals surface area contributed by atoms with Crippen LogP contribution >= 0.6 is 11.6 Å². The maximum absolute atomic E-state index is 11.9. The number of rotatable bonds is 2. The Morgan fingerprint density at radius 3 is 2.81 bits per heavy atom. The standard InChI is InChI=1S/C10H7ClN2O3/c11-10-12-7-4-2-1-3-6(7)9(16)13(10)5-8(14)15/h1-4H,5H2,(H,14,15). The number of aliphatic carboxylic acids is 1. The molecular formula is C10H7ClN2O3. The van der Waals surface area contributed by atoms with E-state index in [-0.39, 0.29) is 5.28 Å². The van der Waals surface area contributed by atoms with Crippen LogP contribution < -0.4 is 5.56 Å². The summed E-state index contributed by atoms with van der Waals surface area (Å²) < 4.78 is 0.923. The molecule has 0 spiro atoms. The molecule has 0 bridgehead atoms. The van der Waals surface area contributed by atoms with E-state index < -0.39 is 18.1 Å². The van der Waals surface area contributed by atoms with Gasteiger partial charge in [-0.2, -0.15) is 0 Å². The average Bonchev–Trinajstić information content (AvgIpc) is 2.24. The molecule has 16 heavy (non-hydrogen) atoms. The molecule has 2 aromatic rings. The van der Waals surface area contributed by atoms with Gasteiger partial charge >= 0.3 is 5.97 Å². The monoisotopic (exact) mass is 238 g/mol. The Hall–Kier alpha value is -1.88. The molecule has 0 amide bonds. The SMILES string of the molecule is O=C(O)Cn1c(Cl)nc2ccccc2c1=O. The Bertz CT molecular complexity index is 621. The summed E-state index contributed by atoms with van der Waals surface area (Å²) in [5, 5.41) is 8.88. The van der Waals surface area contributed by atoms with Crippen LogP contribution in [0.25, 0.3) is 10.9 Å². The predicted molar refractivity (Wildman–Crippen MR) is 58.6 cm³/mol. The number of nitrogens with zero attached hydrogens (tertiary/aromatic N) is 2. The molecule has 0 fully saturated rings. The number of para-hydroxylation sites is 1. The van der Waals surface area contributed by atoms with Crippen LogP contribution in [0.4, 0.5) is 0 Å². The van der Waals surface area contributed by atoms with Gasteiger partial charge < -0.3 is 5.11 Å². The zero-order chi connectivity index (χ0) is 11.7. The number of carboxylic acid groups (broad SMARTS) is 1. The van der Waals surface area contributed by atoms with Gasteiger partial charge in [0.2, 0.25) is 5.28 Å². The van der Waals surface area contributed by atoms with Crippen LogP contribution in [-0.2, 0) is 11.3 Å². The topological polar surface area (TPSA) is 72.2 Å². The van der Waals surface area contributed by atoms with Crippen molar-refractivity contribution in [2.75, 3.05) is 0 Å². The predicted octanol–water partition coefficient (Wildman–Crippen LogP) is 1.13. The maximum Gasteiger partial charge on any atom is 0.323 e. The average molecular weight is 239 g/mol. The van der Waals surface area contributed by atoms with Crippen LogP contribution in [0, 0.1) is 0 Å². The summed E-state index contributed by atoms with van der Waals surface area (Å²) in [6.45, 7) is -0.491. The van der Waals surface area contributed by atoms with Crippen LogP contribution in [-0.4, -0.2) is 20.6 Å². The van der Waals surface area contributed by atoms with Crippen LogP contribution in [0.3, 0.4) is 0 Å². The smallest absolute Gasteiger partial charge is 0.323 e. The molecule has 6 heteroatoms. The van der Waals surface area contributed by atoms with Gasteiger partial charge in [-0.05, 0) is 23.7 Å². The number of fused-ring (bicyclic) bond motifs is 1. The van der Waals surface area contributed by atoms with Crippen molar-refractivity contribution in [2.45, 2.75) is 6.54 Å². The van der Waals surface area contributed by atoms with Gasteiger partial charge in [-0.15, -0.1) is 0 Å². The number of aromatic nitrogens is 2. The molecule has 0 saturated carbocycles. The summed E-state index contributed by atoms with van der Waals surface area (Å²) in [7, 11) is 0. The van der Waals surface area contributed by atoms with E-state index in [1.807, 2.05) is 0 Å². The van der Waals surface area contributed by atoms with E-state index in [9.17, 15) is 9.59 Å². The molecule has 0 unspecified atom stereocenters. The summed E-state index contributed by atoms with van der Waals surface area (Å²) >= 11 is 5.74. The van der Waals surface area contributed by atoms with Gasteiger partial charge in [-0.25, -0.2) is 4.98 Å². The van der Waals surface area contributed by atoms with Crippen LogP contribution in [0.5, 0.6) is 0 Å². The third-order valence-corrected chi connectivity index (χ3v) is 2.40. The summed E-state index contributed by atoms with van der Waals surface area (Å²) in [5.41, 5.74) is 0.0112. The number of hydrogen-bond acceptors (Lipinski definition) is 3. The highest BCUT2D eigenvalue weighted by atomic mass is 35.5. The lowest BCUT2D eigenvalue weighted by atomic mass is 10.2. The second kappa shape index (κ2) is 3.94. The molecule has 5 nitrogen and oxygen atoms in total. The second-order valence-corrected chi connectivity index (χ2v) is 3.52. The van der Waals surface area contributed by atoms with Crippen molar-refractivity contribution < 1.29 is 9.90 Å². The van der Waals surface area contributed by atoms with Crippen LogP contribution in [0.2, 0.25) is 5.28 Å². The van der Waals surface area contributed by atoms with Crippen molar-refractivity contribution in [1.29, 1.82) is 0 Å². The fraction of sp³-hybridized carbons (Fsp3) is 0.100. The Morgan fingerprint density at radius 2 is 2.12 bits per heavy atom. The van der Waals surface area contributed by atoms with E-state index in [1.165, 1.54) is 0 Å². The highest BCUT2D eigenvalue weighted by Gasteiger charge is 2.11. The van der Waals surface area contributed by atoms with Crippen molar-refractivity contribution in [2.24, 2.45) is 0 Å². The summed E-state index contributed by atoms with van der Waals surface area (Å²) in [4.78, 5) is 26.4. The molecule has 1 aromatic heterocycles. The van der Waals surface area contributed by atoms with E-state index in [1.54, 1.807) is 24.3 Å². The van der Waals surface area contributed by atoms with Crippen LogP contribution in [0.15, 0.2) is 29.1 Å². The molecule has 0 atom stereocenters. The molecule has 1 heterocycles. The quantitative estimate of drug-likeness (QED) is 0.797. The summed E-state index contributed by atoms with van der Waals surface area (Å²) in [5.74, 6) is -1.14. The van der Waals surface area contributed by atoms with E-state index in [2.05, 4.69) is 4.98 Å². The van der Waals surface area contributed by atoms with Crippen LogP contribution in [0.1, 0.15) is 0 Å². The Morgan fingerprint density at radius 1 is 1.44 bits per heavy atom. The summed E-state index contributed by atoms with van der Waals surface area (Å²) in [6, 6.07) is 6.64. The zero-order valence-corrected chi connectivity index (χ0v) is 8.81. The van der Waals surface area contributed by atoms with Gasteiger partial charge in [0.15, 0.2) is 0 Å². The molecule has 0 saturated heterocycles. The molecule has 0 aliphatic carbocycles. The lowest BCUT2D eigenvalue weighted by molar-refractivity contribution is -0.137. The molecule has 1 aromatic carbocycles. The number of benzene rings is 1. The van der Waals surface area contributed by atoms with Gasteiger partial charge in [0.25, 0.3) is 5.56 Å². The van der Waals surface area contributed by atoms with E-state index >= 15 is 0 Å². The van der Waals surface area contributed by atoms with Gasteiger partial charge in [0, 0.05) is 0 Å². The maximum atomic E-state index is 11.9. The minimum atomic E-state index is -1.14. The molecular weight excluding hydrogens is 232 g/mol. The summed E-state index contributed by atoms with van der Waals surface area (Å²) in [6.07, 6.45) is 0. The van der Waals surface area contributed by atoms with Gasteiger partial charge in [0.1, 0.15) is 6.54 Å². The van der Waals surface area contributed by atoms with Crippen molar-refractivity contribution in [3.8, 4) is 0 Å². The molecule has 0 aliphatic heterocycles. The molecule has 2 rings (SSSR count). The number of carboxylic acids is 1. The minimum absolute atomic E-state index is 0.119. The first-order valence-corrected chi connectivity index (χ1v) is 4.84. The first-order valence-electron chi connectivity index (χ1n) is 4.46. The molecule has 0 aliphatic rings. The zero-order valence-electron chi connectivity index (χ0n) is 8.05. The number of carbonyl (C=O) groups is 1. The highest BCUT2D eigenvalue weighted by Crippen LogP contribution is 2.10. The first-order chi connectivity index (χ1) is 7.59. The van der Waals surface area contributed by atoms with Crippen molar-refractivity contribution >= 4 is 28.5 Å². The van der Waals surface area contributed by atoms with Crippen molar-refractivity contribution in [3.05, 3.63) is 39.9 Å². The van der Waals surface area contributed by atoms with Gasteiger partial charge in [-0.3, -0.25) is 14.2 Å². The Kier molecular flexibility index (Phi) is 2.62. The van der Waals surface area contributed by atoms with Crippen molar-refractivity contribution in [1.82, 2.24) is 9.55 Å². The Balaban J connectivity index is 2.76. The molecule has 1 N–H and O–H groups in total. The minimum Gasteiger partial charge on any atom is -0.480 e. The molecule has 82 valence electrons. The Labute approximate surface area is 94.9 Å². The first kappa shape index (κ1) is 10.6. The third kappa shape index (κ3) is 1.77. The highest BCUT2D eigenvalue weighted by molar-refractivity contribution is 6.28. The van der Waals surface area contributed by atoms with Crippen molar-refractivity contribution in [3.63, 3.8) is 0 Å². The number of halogens is 1. The number of hydrogen-bond donors (Lipinski definition) is 1. The lowest BCUT2D eigenvalue weighted by Gasteiger charge is -2.05. The van der Waals surface area contributed by atoms with E-state index in [0.717, 1.165) is 4.57 Å². The van der Waals surface area contributed by atoms with E-state index in [4.69, 9.17) is 16.7 Å². The van der Waals surface area contributed by atoms with Gasteiger partial charge in [0.05, 0.1) is 10.9 Å². The second-order valence-electron chi connectivity index (χ2n) is 3.18. The normalized spacial score (nSPS) is 10.6.